The molecule has 0 aliphatic carbocycles. The second-order valence-electron chi connectivity index (χ2n) is 3.74. The molecule has 5 heteroatoms. The van der Waals surface area contributed by atoms with E-state index in [1.54, 1.807) is 18.2 Å². The fraction of sp³-hybridized carbons (Fsp3) is 0.333. The number of fused-ring (bicyclic) bond motifs is 1. The van der Waals surface area contributed by atoms with E-state index >= 15 is 0 Å². The van der Waals surface area contributed by atoms with Gasteiger partial charge in [0.15, 0.2) is 6.04 Å². The van der Waals surface area contributed by atoms with Gasteiger partial charge in [-0.1, -0.05) is 0 Å². The Balaban J connectivity index is 2.37. The minimum absolute atomic E-state index is 0.296. The Kier molecular flexibility index (Phi) is 2.88. The number of carbonyl (C=O) groups is 1. The van der Waals surface area contributed by atoms with Crippen LogP contribution in [-0.4, -0.2) is 32.8 Å². The smallest absolute Gasteiger partial charge is 0.337 e. The standard InChI is InChI=1S/C12H12N2O3/c1-14-9(6-13)7-17-11-5-8(12(15)16-2)3-4-10(11)14/h3-5,9H,7H2,1-2H3. The molecule has 17 heavy (non-hydrogen) atoms. The average molecular weight is 232 g/mol. The van der Waals surface area contributed by atoms with E-state index in [9.17, 15) is 4.79 Å². The molecule has 0 N–H and O–H groups in total. The van der Waals surface area contributed by atoms with Crippen molar-refractivity contribution in [1.82, 2.24) is 0 Å². The van der Waals surface area contributed by atoms with Crippen molar-refractivity contribution in [3.63, 3.8) is 0 Å². The summed E-state index contributed by atoms with van der Waals surface area (Å²) in [5, 5.41) is 8.92. The minimum atomic E-state index is -0.401. The van der Waals surface area contributed by atoms with Crippen molar-refractivity contribution in [2.75, 3.05) is 25.7 Å². The van der Waals surface area contributed by atoms with Gasteiger partial charge in [0.25, 0.3) is 0 Å². The third-order valence-electron chi connectivity index (χ3n) is 2.77. The molecule has 2 rings (SSSR count). The van der Waals surface area contributed by atoms with Crippen molar-refractivity contribution in [2.45, 2.75) is 6.04 Å². The highest BCUT2D eigenvalue weighted by atomic mass is 16.5. The van der Waals surface area contributed by atoms with Crippen LogP contribution in [0.3, 0.4) is 0 Å². The molecule has 88 valence electrons. The van der Waals surface area contributed by atoms with E-state index < -0.39 is 5.97 Å². The fourth-order valence-corrected chi connectivity index (χ4v) is 1.74. The number of nitrogens with zero attached hydrogens (tertiary/aromatic N) is 2. The molecule has 0 fully saturated rings. The van der Waals surface area contributed by atoms with Crippen molar-refractivity contribution >= 4 is 11.7 Å². The number of carbonyl (C=O) groups excluding carboxylic acids is 1. The highest BCUT2D eigenvalue weighted by Gasteiger charge is 2.25. The number of hydrogen-bond acceptors (Lipinski definition) is 5. The predicted octanol–water partition coefficient (Wildman–Crippen LogP) is 1.19. The summed E-state index contributed by atoms with van der Waals surface area (Å²) in [6.07, 6.45) is 0. The lowest BCUT2D eigenvalue weighted by molar-refractivity contribution is 0.0600. The maximum atomic E-state index is 11.4. The molecule has 1 unspecified atom stereocenters. The van der Waals surface area contributed by atoms with Crippen molar-refractivity contribution in [3.05, 3.63) is 23.8 Å². The molecule has 1 heterocycles. The number of ether oxygens (including phenoxy) is 2. The molecule has 1 aliphatic heterocycles. The third-order valence-corrected chi connectivity index (χ3v) is 2.77. The number of methoxy groups -OCH3 is 1. The number of benzene rings is 1. The Bertz CT molecular complexity index is 493. The molecule has 0 amide bonds. The molecule has 0 saturated carbocycles. The lowest BCUT2D eigenvalue weighted by Gasteiger charge is -2.31. The van der Waals surface area contributed by atoms with E-state index in [1.165, 1.54) is 7.11 Å². The molecule has 1 aliphatic rings. The number of anilines is 1. The molecule has 1 aromatic carbocycles. The minimum Gasteiger partial charge on any atom is -0.488 e. The number of rotatable bonds is 1. The number of likely N-dealkylation sites (N-methyl/N-ethyl adjacent to an activating group) is 1. The summed E-state index contributed by atoms with van der Waals surface area (Å²) in [4.78, 5) is 13.2. The Morgan fingerprint density at radius 3 is 3.06 bits per heavy atom. The predicted molar refractivity (Wildman–Crippen MR) is 61.1 cm³/mol. The quantitative estimate of drug-likeness (QED) is 0.681. The summed E-state index contributed by atoms with van der Waals surface area (Å²) in [7, 11) is 3.16. The summed E-state index contributed by atoms with van der Waals surface area (Å²) in [5.74, 6) is 0.198. The van der Waals surface area contributed by atoms with E-state index in [0.29, 0.717) is 17.9 Å². The average Bonchev–Trinajstić information content (AvgIpc) is 2.38. The molecule has 0 bridgehead atoms. The van der Waals surface area contributed by atoms with Crippen LogP contribution in [0.1, 0.15) is 10.4 Å². The van der Waals surface area contributed by atoms with Gasteiger partial charge in [0, 0.05) is 7.05 Å². The van der Waals surface area contributed by atoms with Gasteiger partial charge < -0.3 is 14.4 Å². The molecule has 0 radical (unpaired) electrons. The van der Waals surface area contributed by atoms with Crippen LogP contribution >= 0.6 is 0 Å². The van der Waals surface area contributed by atoms with Crippen LogP contribution in [0, 0.1) is 11.3 Å². The summed E-state index contributed by atoms with van der Waals surface area (Å²) < 4.78 is 10.1. The fourth-order valence-electron chi connectivity index (χ4n) is 1.74. The first-order valence-electron chi connectivity index (χ1n) is 5.15. The molecule has 5 nitrogen and oxygen atoms in total. The van der Waals surface area contributed by atoms with E-state index in [1.807, 2.05) is 11.9 Å². The molecule has 0 aromatic heterocycles. The first kappa shape index (κ1) is 11.3. The lowest BCUT2D eigenvalue weighted by atomic mass is 10.1. The topological polar surface area (TPSA) is 62.6 Å². The van der Waals surface area contributed by atoms with Crippen LogP contribution < -0.4 is 9.64 Å². The molecule has 1 aromatic rings. The summed E-state index contributed by atoms with van der Waals surface area (Å²) >= 11 is 0. The van der Waals surface area contributed by atoms with Gasteiger partial charge in [0.2, 0.25) is 0 Å². The SMILES string of the molecule is COC(=O)c1ccc2c(c1)OCC(C#N)N2C. The monoisotopic (exact) mass is 232 g/mol. The van der Waals surface area contributed by atoms with Crippen molar-refractivity contribution in [3.8, 4) is 11.8 Å². The first-order valence-corrected chi connectivity index (χ1v) is 5.15. The van der Waals surface area contributed by atoms with Gasteiger partial charge in [-0.2, -0.15) is 5.26 Å². The van der Waals surface area contributed by atoms with Crippen LogP contribution in [-0.2, 0) is 4.74 Å². The van der Waals surface area contributed by atoms with Crippen LogP contribution in [0.2, 0.25) is 0 Å². The number of nitriles is 1. The van der Waals surface area contributed by atoms with Crippen molar-refractivity contribution in [2.24, 2.45) is 0 Å². The molecule has 0 saturated heterocycles. The Morgan fingerprint density at radius 1 is 1.65 bits per heavy atom. The highest BCUT2D eigenvalue weighted by Crippen LogP contribution is 2.33. The van der Waals surface area contributed by atoms with E-state index in [0.717, 1.165) is 5.69 Å². The van der Waals surface area contributed by atoms with Crippen LogP contribution in [0.15, 0.2) is 18.2 Å². The zero-order chi connectivity index (χ0) is 12.4. The second-order valence-corrected chi connectivity index (χ2v) is 3.74. The number of hydrogen-bond donors (Lipinski definition) is 0. The second kappa shape index (κ2) is 4.34. The zero-order valence-corrected chi connectivity index (χ0v) is 9.64. The largest absolute Gasteiger partial charge is 0.488 e. The normalized spacial score (nSPS) is 17.7. The summed E-state index contributed by atoms with van der Waals surface area (Å²) in [6, 6.07) is 6.90. The first-order chi connectivity index (χ1) is 8.17. The van der Waals surface area contributed by atoms with Gasteiger partial charge in [0.05, 0.1) is 24.4 Å². The van der Waals surface area contributed by atoms with Gasteiger partial charge in [-0.15, -0.1) is 0 Å². The van der Waals surface area contributed by atoms with E-state index in [2.05, 4.69) is 10.8 Å². The number of esters is 1. The third kappa shape index (κ3) is 1.89. The van der Waals surface area contributed by atoms with Gasteiger partial charge >= 0.3 is 5.97 Å². The van der Waals surface area contributed by atoms with Gasteiger partial charge in [0.1, 0.15) is 12.4 Å². The maximum absolute atomic E-state index is 11.4. The molecule has 0 spiro atoms. The van der Waals surface area contributed by atoms with E-state index in [-0.39, 0.29) is 6.04 Å². The Labute approximate surface area is 99.2 Å². The van der Waals surface area contributed by atoms with Crippen LogP contribution in [0.25, 0.3) is 0 Å². The highest BCUT2D eigenvalue weighted by molar-refractivity contribution is 5.90. The van der Waals surface area contributed by atoms with Gasteiger partial charge in [-0.3, -0.25) is 0 Å². The Morgan fingerprint density at radius 2 is 2.41 bits per heavy atom. The zero-order valence-electron chi connectivity index (χ0n) is 9.64. The van der Waals surface area contributed by atoms with E-state index in [4.69, 9.17) is 10.00 Å². The molecular weight excluding hydrogens is 220 g/mol. The molecule has 1 atom stereocenters. The van der Waals surface area contributed by atoms with Crippen molar-refractivity contribution in [1.29, 1.82) is 5.26 Å². The van der Waals surface area contributed by atoms with Gasteiger partial charge in [-0.05, 0) is 18.2 Å². The van der Waals surface area contributed by atoms with Crippen molar-refractivity contribution < 1.29 is 14.3 Å². The maximum Gasteiger partial charge on any atom is 0.337 e. The van der Waals surface area contributed by atoms with Gasteiger partial charge in [-0.25, -0.2) is 4.79 Å². The summed E-state index contributed by atoms with van der Waals surface area (Å²) in [6.45, 7) is 0.296. The molecular formula is C12H12N2O3. The van der Waals surface area contributed by atoms with Crippen LogP contribution in [0.4, 0.5) is 5.69 Å². The summed E-state index contributed by atoms with van der Waals surface area (Å²) in [5.41, 5.74) is 1.24. The van der Waals surface area contributed by atoms with Crippen LogP contribution in [0.5, 0.6) is 5.75 Å². The lowest BCUT2D eigenvalue weighted by Crippen LogP contribution is -2.39. The Hall–Kier alpha value is -2.22.